The molecule has 0 nitrogen and oxygen atoms in total. The smallest absolute Gasteiger partial charge is 0.0233 e. The zero-order valence-corrected chi connectivity index (χ0v) is 16.5. The van der Waals surface area contributed by atoms with Crippen LogP contribution in [-0.4, -0.2) is 0 Å². The first-order valence-corrected chi connectivity index (χ1v) is 11.2. The Morgan fingerprint density at radius 2 is 0.880 bits per heavy atom. The summed E-state index contributed by atoms with van der Waals surface area (Å²) in [6.45, 7) is 6.15. The number of rotatable bonds is 5. The summed E-state index contributed by atoms with van der Waals surface area (Å²) < 4.78 is 0. The van der Waals surface area contributed by atoms with E-state index in [1.165, 1.54) is 77.0 Å². The van der Waals surface area contributed by atoms with Gasteiger partial charge in [-0.2, -0.15) is 0 Å². The molecule has 3 saturated carbocycles. The summed E-state index contributed by atoms with van der Waals surface area (Å²) in [5.41, 5.74) is 0. The molecule has 0 saturated heterocycles. The Hall–Kier alpha value is -0.780. The molecule has 140 valence electrons. The Bertz CT molecular complexity index is 433. The van der Waals surface area contributed by atoms with Crippen molar-refractivity contribution in [1.29, 1.82) is 0 Å². The molecule has 0 amide bonds. The summed E-state index contributed by atoms with van der Waals surface area (Å²) in [6.07, 6.45) is 29.3. The average Bonchev–Trinajstić information content (AvgIpc) is 2.68. The molecule has 0 aliphatic heterocycles. The quantitative estimate of drug-likeness (QED) is 0.449. The van der Waals surface area contributed by atoms with Crippen LogP contribution in [0.4, 0.5) is 0 Å². The fourth-order valence-corrected chi connectivity index (χ4v) is 5.78. The highest BCUT2D eigenvalue weighted by atomic mass is 14.3. The summed E-state index contributed by atoms with van der Waals surface area (Å²) in [7, 11) is 0. The normalized spacial score (nSPS) is 40.5. The fourth-order valence-electron chi connectivity index (χ4n) is 5.78. The molecule has 3 aliphatic carbocycles. The van der Waals surface area contributed by atoms with Gasteiger partial charge in [-0.05, 0) is 119 Å². The van der Waals surface area contributed by atoms with Crippen molar-refractivity contribution in [3.63, 3.8) is 0 Å². The van der Waals surface area contributed by atoms with Crippen LogP contribution in [0.3, 0.4) is 0 Å². The van der Waals surface area contributed by atoms with E-state index in [9.17, 15) is 0 Å². The van der Waals surface area contributed by atoms with E-state index >= 15 is 0 Å². The van der Waals surface area contributed by atoms with Gasteiger partial charge in [0.05, 0.1) is 0 Å². The van der Waals surface area contributed by atoms with Gasteiger partial charge >= 0.3 is 0 Å². The van der Waals surface area contributed by atoms with Crippen molar-refractivity contribution >= 4 is 0 Å². The SMILES string of the molecule is C=CC1CCC(C2CCC(C=CC3CCC(/C=C/C)CC3)CC2)CC1. The summed E-state index contributed by atoms with van der Waals surface area (Å²) in [4.78, 5) is 0. The first-order chi connectivity index (χ1) is 12.3. The summed E-state index contributed by atoms with van der Waals surface area (Å²) in [6, 6.07) is 0. The van der Waals surface area contributed by atoms with Crippen molar-refractivity contribution < 1.29 is 0 Å². The van der Waals surface area contributed by atoms with Gasteiger partial charge in [-0.1, -0.05) is 30.4 Å². The molecule has 0 bridgehead atoms. The van der Waals surface area contributed by atoms with Crippen LogP contribution < -0.4 is 0 Å². The van der Waals surface area contributed by atoms with Gasteiger partial charge in [0.2, 0.25) is 0 Å². The van der Waals surface area contributed by atoms with Crippen LogP contribution in [0, 0.1) is 35.5 Å². The second-order valence-corrected chi connectivity index (χ2v) is 9.17. The maximum absolute atomic E-state index is 3.99. The summed E-state index contributed by atoms with van der Waals surface area (Å²) in [5.74, 6) is 5.50. The van der Waals surface area contributed by atoms with E-state index in [0.29, 0.717) is 0 Å². The summed E-state index contributed by atoms with van der Waals surface area (Å²) in [5, 5.41) is 0. The molecule has 0 aromatic rings. The van der Waals surface area contributed by atoms with Gasteiger partial charge in [-0.25, -0.2) is 0 Å². The predicted molar refractivity (Wildman–Crippen MR) is 110 cm³/mol. The molecule has 0 atom stereocenters. The van der Waals surface area contributed by atoms with Crippen LogP contribution in [0.1, 0.15) is 84.0 Å². The third-order valence-electron chi connectivity index (χ3n) is 7.57. The van der Waals surface area contributed by atoms with Crippen molar-refractivity contribution in [3.05, 3.63) is 37.0 Å². The number of allylic oxidation sites excluding steroid dienone is 5. The van der Waals surface area contributed by atoms with Crippen molar-refractivity contribution in [3.8, 4) is 0 Å². The van der Waals surface area contributed by atoms with E-state index in [4.69, 9.17) is 0 Å². The summed E-state index contributed by atoms with van der Waals surface area (Å²) >= 11 is 0. The van der Waals surface area contributed by atoms with E-state index in [0.717, 1.165) is 35.5 Å². The van der Waals surface area contributed by atoms with Gasteiger partial charge in [0, 0.05) is 0 Å². The van der Waals surface area contributed by atoms with Crippen molar-refractivity contribution in [2.24, 2.45) is 35.5 Å². The second-order valence-electron chi connectivity index (χ2n) is 9.17. The maximum atomic E-state index is 3.99. The maximum Gasteiger partial charge on any atom is -0.0233 e. The Balaban J connectivity index is 1.36. The van der Waals surface area contributed by atoms with Crippen LogP contribution in [-0.2, 0) is 0 Å². The van der Waals surface area contributed by atoms with Crippen LogP contribution >= 0.6 is 0 Å². The van der Waals surface area contributed by atoms with Gasteiger partial charge < -0.3 is 0 Å². The molecule has 0 aromatic heterocycles. The van der Waals surface area contributed by atoms with Gasteiger partial charge in [0.25, 0.3) is 0 Å². The zero-order valence-electron chi connectivity index (χ0n) is 16.5. The van der Waals surface area contributed by atoms with Gasteiger partial charge in [0.1, 0.15) is 0 Å². The van der Waals surface area contributed by atoms with Crippen LogP contribution in [0.25, 0.3) is 0 Å². The van der Waals surface area contributed by atoms with Crippen LogP contribution in [0.5, 0.6) is 0 Å². The largest absolute Gasteiger partial charge is 0.103 e. The standard InChI is InChI=1S/C25H40/c1-3-5-21-6-8-22(9-7-21)10-11-23-14-18-25(19-15-23)24-16-12-20(4-2)13-17-24/h3-5,10-11,20-25H,2,6-9,12-19H2,1H3/b5-3+,11-10?. The van der Waals surface area contributed by atoms with Crippen molar-refractivity contribution in [2.75, 3.05) is 0 Å². The number of hydrogen-bond donors (Lipinski definition) is 0. The lowest BCUT2D eigenvalue weighted by Crippen LogP contribution is -2.25. The predicted octanol–water partition coefficient (Wildman–Crippen LogP) is 7.72. The third kappa shape index (κ3) is 5.60. The molecular formula is C25H40. The monoisotopic (exact) mass is 340 g/mol. The highest BCUT2D eigenvalue weighted by Gasteiger charge is 2.29. The van der Waals surface area contributed by atoms with E-state index in [2.05, 4.69) is 43.9 Å². The average molecular weight is 341 g/mol. The van der Waals surface area contributed by atoms with Crippen molar-refractivity contribution in [1.82, 2.24) is 0 Å². The fraction of sp³-hybridized carbons (Fsp3) is 0.760. The Kier molecular flexibility index (Phi) is 7.44. The molecule has 0 unspecified atom stereocenters. The molecule has 0 N–H and O–H groups in total. The minimum Gasteiger partial charge on any atom is -0.103 e. The topological polar surface area (TPSA) is 0 Å². The van der Waals surface area contributed by atoms with Crippen LogP contribution in [0.15, 0.2) is 37.0 Å². The zero-order chi connectivity index (χ0) is 17.5. The van der Waals surface area contributed by atoms with Gasteiger partial charge in [-0.15, -0.1) is 6.58 Å². The van der Waals surface area contributed by atoms with Gasteiger partial charge in [0.15, 0.2) is 0 Å². The molecule has 3 aliphatic rings. The molecular weight excluding hydrogens is 300 g/mol. The molecule has 0 heterocycles. The molecule has 3 fully saturated rings. The highest BCUT2D eigenvalue weighted by Crippen LogP contribution is 2.42. The first kappa shape index (κ1) is 19.0. The van der Waals surface area contributed by atoms with E-state index in [1.807, 2.05) is 0 Å². The lowest BCUT2D eigenvalue weighted by molar-refractivity contribution is 0.166. The molecule has 0 aromatic carbocycles. The third-order valence-corrected chi connectivity index (χ3v) is 7.57. The Morgan fingerprint density at radius 3 is 1.28 bits per heavy atom. The van der Waals surface area contributed by atoms with Gasteiger partial charge in [-0.3, -0.25) is 0 Å². The lowest BCUT2D eigenvalue weighted by Gasteiger charge is -2.37. The lowest BCUT2D eigenvalue weighted by atomic mass is 9.69. The van der Waals surface area contributed by atoms with E-state index in [-0.39, 0.29) is 0 Å². The Morgan fingerprint density at radius 1 is 0.520 bits per heavy atom. The number of hydrogen-bond acceptors (Lipinski definition) is 0. The molecule has 3 rings (SSSR count). The van der Waals surface area contributed by atoms with Crippen LogP contribution in [0.2, 0.25) is 0 Å². The molecule has 0 heteroatoms. The molecule has 0 radical (unpaired) electrons. The van der Waals surface area contributed by atoms with E-state index < -0.39 is 0 Å². The highest BCUT2D eigenvalue weighted by molar-refractivity contribution is 4.99. The molecule has 0 spiro atoms. The van der Waals surface area contributed by atoms with E-state index in [1.54, 1.807) is 0 Å². The second kappa shape index (κ2) is 9.79. The van der Waals surface area contributed by atoms with Crippen molar-refractivity contribution in [2.45, 2.75) is 84.0 Å². The minimum atomic E-state index is 0.818. The molecule has 25 heavy (non-hydrogen) atoms. The first-order valence-electron chi connectivity index (χ1n) is 11.2. The minimum absolute atomic E-state index is 0.818. The Labute approximate surface area is 156 Å².